The Balaban J connectivity index is 1.30. The molecule has 0 saturated heterocycles. The minimum Gasteiger partial charge on any atom is -0.383 e. The highest BCUT2D eigenvalue weighted by atomic mass is 16.1. The van der Waals surface area contributed by atoms with Crippen molar-refractivity contribution in [3.8, 4) is 0 Å². The Labute approximate surface area is 179 Å². The van der Waals surface area contributed by atoms with E-state index in [-0.39, 0.29) is 17.7 Å². The molecule has 2 N–H and O–H groups in total. The summed E-state index contributed by atoms with van der Waals surface area (Å²) in [5.74, 6) is 0.174. The number of allylic oxidation sites excluding steroid dienone is 2. The molecule has 1 aromatic heterocycles. The van der Waals surface area contributed by atoms with Crippen LogP contribution >= 0.6 is 0 Å². The van der Waals surface area contributed by atoms with Gasteiger partial charge >= 0.3 is 0 Å². The SMILES string of the molecule is CC1=CC2NC=C(CN(C)CCN(C)Cc3c[nH]c4ccccc34)C(=O)C2C=C1C. The Morgan fingerprint density at radius 3 is 2.47 bits per heavy atom. The second-order valence-corrected chi connectivity index (χ2v) is 8.79. The third-order valence-electron chi connectivity index (χ3n) is 6.36. The summed E-state index contributed by atoms with van der Waals surface area (Å²) in [5.41, 5.74) is 5.83. The highest BCUT2D eigenvalue weighted by molar-refractivity contribution is 6.00. The number of aromatic amines is 1. The quantitative estimate of drug-likeness (QED) is 0.742. The van der Waals surface area contributed by atoms with E-state index in [1.807, 2.05) is 6.20 Å². The molecule has 2 unspecified atom stereocenters. The Bertz CT molecular complexity index is 1030. The van der Waals surface area contributed by atoms with Crippen LogP contribution < -0.4 is 5.32 Å². The average Bonchev–Trinajstić information content (AvgIpc) is 3.13. The summed E-state index contributed by atoms with van der Waals surface area (Å²) >= 11 is 0. The van der Waals surface area contributed by atoms with Crippen molar-refractivity contribution in [2.24, 2.45) is 5.92 Å². The van der Waals surface area contributed by atoms with E-state index in [1.54, 1.807) is 0 Å². The molecule has 2 aromatic rings. The first-order valence-corrected chi connectivity index (χ1v) is 10.7. The number of Topliss-reactive ketones (excluding diaryl/α,β-unsaturated/α-hetero) is 1. The van der Waals surface area contributed by atoms with E-state index in [0.29, 0.717) is 6.54 Å². The number of ketones is 1. The highest BCUT2D eigenvalue weighted by Gasteiger charge is 2.33. The van der Waals surface area contributed by atoms with E-state index in [9.17, 15) is 4.79 Å². The predicted molar refractivity (Wildman–Crippen MR) is 123 cm³/mol. The van der Waals surface area contributed by atoms with E-state index < -0.39 is 0 Å². The fraction of sp³-hybridized carbons (Fsp3) is 0.400. The van der Waals surface area contributed by atoms with E-state index in [4.69, 9.17) is 0 Å². The summed E-state index contributed by atoms with van der Waals surface area (Å²) in [4.78, 5) is 20.9. The molecule has 4 rings (SSSR count). The summed E-state index contributed by atoms with van der Waals surface area (Å²) in [6.45, 7) is 7.62. The zero-order chi connectivity index (χ0) is 21.3. The van der Waals surface area contributed by atoms with Crippen LogP contribution in [0.1, 0.15) is 19.4 Å². The first-order valence-electron chi connectivity index (χ1n) is 10.7. The van der Waals surface area contributed by atoms with Crippen molar-refractivity contribution in [1.82, 2.24) is 20.1 Å². The van der Waals surface area contributed by atoms with Gasteiger partial charge in [0.2, 0.25) is 0 Å². The monoisotopic (exact) mass is 404 g/mol. The van der Waals surface area contributed by atoms with Crippen molar-refractivity contribution < 1.29 is 4.79 Å². The molecular weight excluding hydrogens is 372 g/mol. The number of nitrogens with zero attached hydrogens (tertiary/aromatic N) is 2. The lowest BCUT2D eigenvalue weighted by Gasteiger charge is -2.33. The molecule has 5 heteroatoms. The number of aromatic nitrogens is 1. The number of benzene rings is 1. The fourth-order valence-electron chi connectivity index (χ4n) is 4.35. The molecule has 2 heterocycles. The van der Waals surface area contributed by atoms with Crippen molar-refractivity contribution in [2.75, 3.05) is 33.7 Å². The normalized spacial score (nSPS) is 21.4. The maximum atomic E-state index is 13.0. The zero-order valence-electron chi connectivity index (χ0n) is 18.4. The predicted octanol–water partition coefficient (Wildman–Crippen LogP) is 3.48. The first-order chi connectivity index (χ1) is 14.4. The molecule has 0 amide bonds. The lowest BCUT2D eigenvalue weighted by atomic mass is 9.81. The van der Waals surface area contributed by atoms with Crippen LogP contribution in [0.4, 0.5) is 0 Å². The fourth-order valence-corrected chi connectivity index (χ4v) is 4.35. The van der Waals surface area contributed by atoms with Crippen molar-refractivity contribution in [3.63, 3.8) is 0 Å². The molecule has 1 aromatic carbocycles. The van der Waals surface area contributed by atoms with Gasteiger partial charge in [0.15, 0.2) is 5.78 Å². The number of carbonyl (C=O) groups excluding carboxylic acids is 1. The molecule has 2 atom stereocenters. The van der Waals surface area contributed by atoms with Gasteiger partial charge in [0, 0.05) is 55.1 Å². The van der Waals surface area contributed by atoms with Crippen LogP contribution in [-0.2, 0) is 11.3 Å². The van der Waals surface area contributed by atoms with Crippen LogP contribution in [0.15, 0.2) is 65.5 Å². The Morgan fingerprint density at radius 1 is 0.967 bits per heavy atom. The number of nitrogens with one attached hydrogen (secondary N) is 2. The number of hydrogen-bond donors (Lipinski definition) is 2. The average molecular weight is 405 g/mol. The molecule has 0 spiro atoms. The molecule has 5 nitrogen and oxygen atoms in total. The van der Waals surface area contributed by atoms with E-state index >= 15 is 0 Å². The van der Waals surface area contributed by atoms with Gasteiger partial charge in [-0.25, -0.2) is 0 Å². The van der Waals surface area contributed by atoms with Crippen molar-refractivity contribution in [1.29, 1.82) is 0 Å². The summed E-state index contributed by atoms with van der Waals surface area (Å²) in [6.07, 6.45) is 8.33. The van der Waals surface area contributed by atoms with Gasteiger partial charge < -0.3 is 20.1 Å². The molecule has 0 radical (unpaired) electrons. The number of para-hydroxylation sites is 1. The highest BCUT2D eigenvalue weighted by Crippen LogP contribution is 2.28. The van der Waals surface area contributed by atoms with Crippen LogP contribution in [0.25, 0.3) is 10.9 Å². The molecule has 0 fully saturated rings. The maximum Gasteiger partial charge on any atom is 0.170 e. The first kappa shape index (κ1) is 20.6. The second-order valence-electron chi connectivity index (χ2n) is 8.79. The third kappa shape index (κ3) is 4.27. The number of carbonyl (C=O) groups is 1. The molecule has 30 heavy (non-hydrogen) atoms. The Hall–Kier alpha value is -2.63. The van der Waals surface area contributed by atoms with Crippen LogP contribution in [0.3, 0.4) is 0 Å². The lowest BCUT2D eigenvalue weighted by Crippen LogP contribution is -2.44. The largest absolute Gasteiger partial charge is 0.383 e. The molecular formula is C25H32N4O. The van der Waals surface area contributed by atoms with Gasteiger partial charge in [0.25, 0.3) is 0 Å². The molecule has 1 aliphatic heterocycles. The molecule has 2 aliphatic rings. The maximum absolute atomic E-state index is 13.0. The Kier molecular flexibility index (Phi) is 5.93. The minimum absolute atomic E-state index is 0.0772. The second kappa shape index (κ2) is 8.62. The van der Waals surface area contributed by atoms with Gasteiger partial charge in [0.1, 0.15) is 0 Å². The molecule has 0 bridgehead atoms. The number of fused-ring (bicyclic) bond motifs is 2. The summed E-state index contributed by atoms with van der Waals surface area (Å²) in [6, 6.07) is 8.51. The van der Waals surface area contributed by atoms with E-state index in [2.05, 4.69) is 90.7 Å². The molecule has 158 valence electrons. The number of likely N-dealkylation sites (N-methyl/N-ethyl adjacent to an activating group) is 2. The van der Waals surface area contributed by atoms with E-state index in [0.717, 1.165) is 25.2 Å². The van der Waals surface area contributed by atoms with Crippen LogP contribution in [0.5, 0.6) is 0 Å². The van der Waals surface area contributed by atoms with Crippen LogP contribution in [-0.4, -0.2) is 60.3 Å². The number of hydrogen-bond acceptors (Lipinski definition) is 4. The minimum atomic E-state index is -0.0772. The summed E-state index contributed by atoms with van der Waals surface area (Å²) < 4.78 is 0. The van der Waals surface area contributed by atoms with Gasteiger partial charge in [-0.3, -0.25) is 4.79 Å². The standard InChI is InChI=1S/C25H32N4O/c1-17-11-22-24(12-18(17)2)27-14-20(25(22)30)16-29(4)10-9-28(3)15-19-13-26-23-8-6-5-7-21(19)23/h5-8,11-14,22,24,26-27H,9-10,15-16H2,1-4H3. The van der Waals surface area contributed by atoms with Gasteiger partial charge in [0.05, 0.1) is 12.0 Å². The van der Waals surface area contributed by atoms with Crippen LogP contribution in [0.2, 0.25) is 0 Å². The third-order valence-corrected chi connectivity index (χ3v) is 6.36. The molecule has 1 aliphatic carbocycles. The van der Waals surface area contributed by atoms with Crippen molar-refractivity contribution in [3.05, 3.63) is 71.1 Å². The van der Waals surface area contributed by atoms with E-state index in [1.165, 1.54) is 27.6 Å². The van der Waals surface area contributed by atoms with Crippen molar-refractivity contribution >= 4 is 16.7 Å². The van der Waals surface area contributed by atoms with Gasteiger partial charge in [-0.15, -0.1) is 0 Å². The zero-order valence-corrected chi connectivity index (χ0v) is 18.4. The van der Waals surface area contributed by atoms with Gasteiger partial charge in [-0.2, -0.15) is 0 Å². The molecule has 0 saturated carbocycles. The topological polar surface area (TPSA) is 51.4 Å². The number of H-pyrrole nitrogens is 1. The Morgan fingerprint density at radius 2 is 1.67 bits per heavy atom. The van der Waals surface area contributed by atoms with Crippen LogP contribution in [0, 0.1) is 5.92 Å². The van der Waals surface area contributed by atoms with Crippen molar-refractivity contribution in [2.45, 2.75) is 26.4 Å². The lowest BCUT2D eigenvalue weighted by molar-refractivity contribution is -0.119. The van der Waals surface area contributed by atoms with Gasteiger partial charge in [-0.1, -0.05) is 41.5 Å². The summed E-state index contributed by atoms with van der Waals surface area (Å²) in [5, 5.41) is 4.71. The van der Waals surface area contributed by atoms with Gasteiger partial charge in [-0.05, 0) is 39.6 Å². The smallest absolute Gasteiger partial charge is 0.170 e. The number of rotatable bonds is 7. The summed E-state index contributed by atoms with van der Waals surface area (Å²) in [7, 11) is 4.24.